The van der Waals surface area contributed by atoms with Crippen molar-refractivity contribution in [2.24, 2.45) is 0 Å². The number of aryl methyl sites for hydroxylation is 2. The number of carbonyl (C=O) groups excluding carboxylic acids is 1. The zero-order chi connectivity index (χ0) is 14.4. The molecular weight excluding hydrogens is 246 g/mol. The van der Waals surface area contributed by atoms with E-state index in [9.17, 15) is 10.1 Å². The maximum Gasteiger partial charge on any atom is 0.154 e. The molecule has 0 aliphatic carbocycles. The lowest BCUT2D eigenvalue weighted by atomic mass is 9.92. The van der Waals surface area contributed by atoms with Gasteiger partial charge < -0.3 is 0 Å². The molecule has 2 rings (SSSR count). The third-order valence-electron chi connectivity index (χ3n) is 3.33. The summed E-state index contributed by atoms with van der Waals surface area (Å²) in [5.74, 6) is -0.666. The summed E-state index contributed by atoms with van der Waals surface area (Å²) in [6.07, 6.45) is 1.09. The Bertz CT molecular complexity index is 625. The van der Waals surface area contributed by atoms with Crippen molar-refractivity contribution < 1.29 is 4.79 Å². The highest BCUT2D eigenvalue weighted by Crippen LogP contribution is 2.18. The molecule has 1 atom stereocenters. The van der Waals surface area contributed by atoms with E-state index in [2.05, 4.69) is 12.1 Å². The predicted octanol–water partition coefficient (Wildman–Crippen LogP) is 3.80. The number of rotatable bonds is 5. The van der Waals surface area contributed by atoms with Gasteiger partial charge in [0, 0.05) is 6.42 Å². The highest BCUT2D eigenvalue weighted by atomic mass is 16.1. The van der Waals surface area contributed by atoms with Crippen LogP contribution in [0.1, 0.15) is 29.0 Å². The van der Waals surface area contributed by atoms with Crippen LogP contribution in [0.5, 0.6) is 0 Å². The van der Waals surface area contributed by atoms with Crippen LogP contribution >= 0.6 is 0 Å². The van der Waals surface area contributed by atoms with Crippen LogP contribution in [0.2, 0.25) is 0 Å². The smallest absolute Gasteiger partial charge is 0.154 e. The number of nitrogens with zero attached hydrogens (tertiary/aromatic N) is 1. The largest absolute Gasteiger partial charge is 0.298 e. The fraction of sp³-hybridized carbons (Fsp3) is 0.222. The number of nitriles is 1. The third kappa shape index (κ3) is 3.55. The number of ketones is 1. The Labute approximate surface area is 119 Å². The van der Waals surface area contributed by atoms with E-state index in [1.165, 1.54) is 5.56 Å². The third-order valence-corrected chi connectivity index (χ3v) is 3.33. The second kappa shape index (κ2) is 6.68. The van der Waals surface area contributed by atoms with E-state index in [-0.39, 0.29) is 5.78 Å². The fourth-order valence-electron chi connectivity index (χ4n) is 2.26. The molecule has 0 N–H and O–H groups in total. The summed E-state index contributed by atoms with van der Waals surface area (Å²) in [6, 6.07) is 19.5. The predicted molar refractivity (Wildman–Crippen MR) is 79.3 cm³/mol. The van der Waals surface area contributed by atoms with E-state index in [0.29, 0.717) is 12.8 Å². The number of hydrogen-bond acceptors (Lipinski definition) is 2. The SMILES string of the molecule is Cc1cccc(CCC(=O)C(C#N)c2ccccc2)c1. The lowest BCUT2D eigenvalue weighted by Crippen LogP contribution is -2.11. The van der Waals surface area contributed by atoms with E-state index in [1.807, 2.05) is 55.5 Å². The molecule has 2 aromatic carbocycles. The highest BCUT2D eigenvalue weighted by Gasteiger charge is 2.19. The van der Waals surface area contributed by atoms with Crippen molar-refractivity contribution >= 4 is 5.78 Å². The molecule has 0 amide bonds. The van der Waals surface area contributed by atoms with Crippen LogP contribution in [0.3, 0.4) is 0 Å². The number of carbonyl (C=O) groups is 1. The second-order valence-corrected chi connectivity index (χ2v) is 4.93. The second-order valence-electron chi connectivity index (χ2n) is 4.93. The first kappa shape index (κ1) is 14.0. The standard InChI is InChI=1S/C18H17NO/c1-14-6-5-7-15(12-14)10-11-18(20)17(13-19)16-8-3-2-4-9-16/h2-9,12,17H,10-11H2,1H3. The van der Waals surface area contributed by atoms with Gasteiger partial charge in [-0.25, -0.2) is 0 Å². The Morgan fingerprint density at radius 1 is 1.15 bits per heavy atom. The van der Waals surface area contributed by atoms with E-state index >= 15 is 0 Å². The Balaban J connectivity index is 2.02. The van der Waals surface area contributed by atoms with Gasteiger partial charge in [0.05, 0.1) is 6.07 Å². The van der Waals surface area contributed by atoms with Gasteiger partial charge in [0.15, 0.2) is 5.78 Å². The summed E-state index contributed by atoms with van der Waals surface area (Å²) in [5.41, 5.74) is 3.11. The lowest BCUT2D eigenvalue weighted by Gasteiger charge is -2.08. The number of benzene rings is 2. The Hall–Kier alpha value is -2.40. The quantitative estimate of drug-likeness (QED) is 0.823. The summed E-state index contributed by atoms with van der Waals surface area (Å²) < 4.78 is 0. The Morgan fingerprint density at radius 2 is 1.90 bits per heavy atom. The molecule has 0 radical (unpaired) electrons. The summed E-state index contributed by atoms with van der Waals surface area (Å²) in [6.45, 7) is 2.04. The molecular formula is C18H17NO. The number of Topliss-reactive ketones (excluding diaryl/α,β-unsaturated/α-hetero) is 1. The Kier molecular flexibility index (Phi) is 4.68. The molecule has 2 heteroatoms. The van der Waals surface area contributed by atoms with Crippen LogP contribution in [-0.4, -0.2) is 5.78 Å². The van der Waals surface area contributed by atoms with Gasteiger partial charge in [-0.15, -0.1) is 0 Å². The van der Waals surface area contributed by atoms with E-state index in [4.69, 9.17) is 0 Å². The molecule has 20 heavy (non-hydrogen) atoms. The van der Waals surface area contributed by atoms with Crippen molar-refractivity contribution in [1.82, 2.24) is 0 Å². The van der Waals surface area contributed by atoms with Gasteiger partial charge in [0.1, 0.15) is 5.92 Å². The van der Waals surface area contributed by atoms with Crippen molar-refractivity contribution in [3.05, 3.63) is 71.3 Å². The average Bonchev–Trinajstić information content (AvgIpc) is 2.47. The zero-order valence-electron chi connectivity index (χ0n) is 11.5. The normalized spacial score (nSPS) is 11.6. The summed E-state index contributed by atoms with van der Waals surface area (Å²) in [5, 5.41) is 9.22. The van der Waals surface area contributed by atoms with Crippen molar-refractivity contribution in [2.75, 3.05) is 0 Å². The minimum absolute atomic E-state index is 0.0137. The van der Waals surface area contributed by atoms with Crippen LogP contribution in [0, 0.1) is 18.3 Å². The molecule has 0 fully saturated rings. The first-order chi connectivity index (χ1) is 9.70. The van der Waals surface area contributed by atoms with Crippen molar-refractivity contribution in [3.8, 4) is 6.07 Å². The van der Waals surface area contributed by atoms with Crippen molar-refractivity contribution in [3.63, 3.8) is 0 Å². The average molecular weight is 263 g/mol. The van der Waals surface area contributed by atoms with Gasteiger partial charge in [0.2, 0.25) is 0 Å². The topological polar surface area (TPSA) is 40.9 Å². The van der Waals surface area contributed by atoms with Gasteiger partial charge in [0.25, 0.3) is 0 Å². The molecule has 2 aromatic rings. The Morgan fingerprint density at radius 3 is 2.55 bits per heavy atom. The van der Waals surface area contributed by atoms with E-state index in [1.54, 1.807) is 0 Å². The maximum atomic E-state index is 12.2. The number of hydrogen-bond donors (Lipinski definition) is 0. The molecule has 2 nitrogen and oxygen atoms in total. The molecule has 100 valence electrons. The first-order valence-corrected chi connectivity index (χ1v) is 6.73. The highest BCUT2D eigenvalue weighted by molar-refractivity contribution is 5.88. The van der Waals surface area contributed by atoms with E-state index in [0.717, 1.165) is 11.1 Å². The molecule has 0 aromatic heterocycles. The zero-order valence-corrected chi connectivity index (χ0v) is 11.5. The minimum Gasteiger partial charge on any atom is -0.298 e. The summed E-state index contributed by atoms with van der Waals surface area (Å²) >= 11 is 0. The molecule has 0 aliphatic rings. The van der Waals surface area contributed by atoms with Crippen LogP contribution < -0.4 is 0 Å². The molecule has 0 heterocycles. The van der Waals surface area contributed by atoms with Crippen LogP contribution in [0.4, 0.5) is 0 Å². The van der Waals surface area contributed by atoms with Gasteiger partial charge in [-0.05, 0) is 24.5 Å². The summed E-state index contributed by atoms with van der Waals surface area (Å²) in [4.78, 5) is 12.2. The van der Waals surface area contributed by atoms with Crippen molar-refractivity contribution in [2.45, 2.75) is 25.7 Å². The van der Waals surface area contributed by atoms with Gasteiger partial charge in [-0.2, -0.15) is 5.26 Å². The molecule has 0 aliphatic heterocycles. The fourth-order valence-corrected chi connectivity index (χ4v) is 2.26. The minimum atomic E-state index is -0.652. The summed E-state index contributed by atoms with van der Waals surface area (Å²) in [7, 11) is 0. The molecule has 0 saturated carbocycles. The van der Waals surface area contributed by atoms with Crippen LogP contribution in [0.25, 0.3) is 0 Å². The maximum absolute atomic E-state index is 12.2. The monoisotopic (exact) mass is 263 g/mol. The molecule has 1 unspecified atom stereocenters. The van der Waals surface area contributed by atoms with Gasteiger partial charge in [-0.3, -0.25) is 4.79 Å². The van der Waals surface area contributed by atoms with E-state index < -0.39 is 5.92 Å². The van der Waals surface area contributed by atoms with Gasteiger partial charge >= 0.3 is 0 Å². The molecule has 0 bridgehead atoms. The van der Waals surface area contributed by atoms with Crippen LogP contribution in [-0.2, 0) is 11.2 Å². The van der Waals surface area contributed by atoms with Gasteiger partial charge in [-0.1, -0.05) is 60.2 Å². The molecule has 0 spiro atoms. The lowest BCUT2D eigenvalue weighted by molar-refractivity contribution is -0.119. The van der Waals surface area contributed by atoms with Crippen LogP contribution in [0.15, 0.2) is 54.6 Å². The molecule has 0 saturated heterocycles. The first-order valence-electron chi connectivity index (χ1n) is 6.73. The van der Waals surface area contributed by atoms with Crippen molar-refractivity contribution in [1.29, 1.82) is 5.26 Å².